The molecule has 92 valence electrons. The van der Waals surface area contributed by atoms with E-state index in [0.29, 0.717) is 5.54 Å². The van der Waals surface area contributed by atoms with Gasteiger partial charge in [0.25, 0.3) is 0 Å². The van der Waals surface area contributed by atoms with Crippen molar-refractivity contribution in [2.24, 2.45) is 17.8 Å². The first-order chi connectivity index (χ1) is 7.75. The molecule has 1 heteroatoms. The van der Waals surface area contributed by atoms with Crippen LogP contribution in [-0.4, -0.2) is 23.5 Å². The van der Waals surface area contributed by atoms with E-state index >= 15 is 0 Å². The van der Waals surface area contributed by atoms with E-state index in [4.69, 9.17) is 0 Å². The molecule has 1 nitrogen and oxygen atoms in total. The summed E-state index contributed by atoms with van der Waals surface area (Å²) in [6.07, 6.45) is 10.5. The van der Waals surface area contributed by atoms with Gasteiger partial charge in [-0.25, -0.2) is 0 Å². The lowest BCUT2D eigenvalue weighted by atomic mass is 9.70. The van der Waals surface area contributed by atoms with Crippen LogP contribution < -0.4 is 0 Å². The molecule has 0 amide bonds. The van der Waals surface area contributed by atoms with Crippen LogP contribution in [-0.2, 0) is 0 Å². The van der Waals surface area contributed by atoms with Crippen LogP contribution in [0.2, 0.25) is 0 Å². The first kappa shape index (κ1) is 11.1. The summed E-state index contributed by atoms with van der Waals surface area (Å²) in [6.45, 7) is 7.78. The molecule has 3 atom stereocenters. The minimum atomic E-state index is 0.620. The maximum absolute atomic E-state index is 2.89. The predicted octanol–water partition coefficient (Wildman–Crippen LogP) is 3.69. The van der Waals surface area contributed by atoms with E-state index in [-0.39, 0.29) is 0 Å². The van der Waals surface area contributed by atoms with E-state index in [2.05, 4.69) is 18.7 Å². The topological polar surface area (TPSA) is 3.24 Å². The van der Waals surface area contributed by atoms with Gasteiger partial charge in [0.1, 0.15) is 0 Å². The zero-order valence-corrected chi connectivity index (χ0v) is 11.0. The predicted molar refractivity (Wildman–Crippen MR) is 68.4 cm³/mol. The highest BCUT2D eigenvalue weighted by Gasteiger charge is 2.56. The van der Waals surface area contributed by atoms with Crippen molar-refractivity contribution in [1.82, 2.24) is 4.90 Å². The van der Waals surface area contributed by atoms with Crippen LogP contribution in [0.5, 0.6) is 0 Å². The SMILES string of the molecule is CC(C)C12CCCN1CC1CCCCCC12. The fourth-order valence-electron chi connectivity index (χ4n) is 5.23. The van der Waals surface area contributed by atoms with E-state index in [1.807, 2.05) is 0 Å². The Hall–Kier alpha value is -0.0400. The molecule has 2 saturated heterocycles. The van der Waals surface area contributed by atoms with E-state index < -0.39 is 0 Å². The van der Waals surface area contributed by atoms with E-state index in [9.17, 15) is 0 Å². The summed E-state index contributed by atoms with van der Waals surface area (Å²) in [4.78, 5) is 2.89. The van der Waals surface area contributed by atoms with E-state index in [1.165, 1.54) is 58.0 Å². The van der Waals surface area contributed by atoms with E-state index in [0.717, 1.165) is 17.8 Å². The highest BCUT2D eigenvalue weighted by atomic mass is 15.3. The van der Waals surface area contributed by atoms with E-state index in [1.54, 1.807) is 0 Å². The van der Waals surface area contributed by atoms with Crippen molar-refractivity contribution in [2.45, 2.75) is 64.3 Å². The monoisotopic (exact) mass is 221 g/mol. The number of nitrogens with zero attached hydrogens (tertiary/aromatic N) is 1. The molecule has 0 N–H and O–H groups in total. The largest absolute Gasteiger partial charge is 0.297 e. The van der Waals surface area contributed by atoms with Crippen LogP contribution in [0.4, 0.5) is 0 Å². The average Bonchev–Trinajstić information content (AvgIpc) is 2.68. The van der Waals surface area contributed by atoms with Gasteiger partial charge in [0.05, 0.1) is 0 Å². The third kappa shape index (κ3) is 1.40. The molecule has 3 fully saturated rings. The van der Waals surface area contributed by atoms with Gasteiger partial charge in [0.15, 0.2) is 0 Å². The first-order valence-electron chi connectivity index (χ1n) is 7.50. The second-order valence-corrected chi connectivity index (χ2v) is 6.70. The van der Waals surface area contributed by atoms with Crippen molar-refractivity contribution < 1.29 is 0 Å². The molecule has 3 aliphatic rings. The van der Waals surface area contributed by atoms with Crippen LogP contribution in [0.15, 0.2) is 0 Å². The van der Waals surface area contributed by atoms with Crippen LogP contribution in [0.1, 0.15) is 58.8 Å². The molecule has 2 aliphatic heterocycles. The quantitative estimate of drug-likeness (QED) is 0.653. The Kier molecular flexibility index (Phi) is 2.78. The minimum Gasteiger partial charge on any atom is -0.297 e. The molecule has 0 bridgehead atoms. The first-order valence-corrected chi connectivity index (χ1v) is 7.50. The van der Waals surface area contributed by atoms with Crippen molar-refractivity contribution in [2.75, 3.05) is 13.1 Å². The molecule has 0 spiro atoms. The summed E-state index contributed by atoms with van der Waals surface area (Å²) >= 11 is 0. The molecule has 3 unspecified atom stereocenters. The van der Waals surface area contributed by atoms with Gasteiger partial charge in [-0.05, 0) is 50.0 Å². The Labute approximate surface area is 101 Å². The summed E-state index contributed by atoms with van der Waals surface area (Å²) in [5.41, 5.74) is 0.620. The zero-order valence-electron chi connectivity index (χ0n) is 11.0. The van der Waals surface area contributed by atoms with Gasteiger partial charge in [-0.15, -0.1) is 0 Å². The van der Waals surface area contributed by atoms with Crippen LogP contribution >= 0.6 is 0 Å². The van der Waals surface area contributed by atoms with Crippen molar-refractivity contribution in [3.8, 4) is 0 Å². The second kappa shape index (κ2) is 4.01. The minimum absolute atomic E-state index is 0.620. The molecule has 0 radical (unpaired) electrons. The third-order valence-corrected chi connectivity index (χ3v) is 5.85. The summed E-state index contributed by atoms with van der Waals surface area (Å²) in [5.74, 6) is 2.95. The number of rotatable bonds is 1. The molecule has 3 rings (SSSR count). The second-order valence-electron chi connectivity index (χ2n) is 6.70. The molecule has 1 saturated carbocycles. The zero-order chi connectivity index (χ0) is 11.2. The summed E-state index contributed by atoms with van der Waals surface area (Å²) in [7, 11) is 0. The lowest BCUT2D eigenvalue weighted by Gasteiger charge is -2.42. The normalized spacial score (nSPS) is 44.4. The molecule has 0 aromatic heterocycles. The molecule has 2 heterocycles. The average molecular weight is 221 g/mol. The molecule has 16 heavy (non-hydrogen) atoms. The van der Waals surface area contributed by atoms with Gasteiger partial charge in [-0.3, -0.25) is 4.90 Å². The van der Waals surface area contributed by atoms with Gasteiger partial charge in [-0.1, -0.05) is 33.1 Å². The summed E-state index contributed by atoms with van der Waals surface area (Å²) < 4.78 is 0. The lowest BCUT2D eigenvalue weighted by Crippen LogP contribution is -2.47. The number of hydrogen-bond donors (Lipinski definition) is 0. The fraction of sp³-hybridized carbons (Fsp3) is 1.00. The van der Waals surface area contributed by atoms with Crippen molar-refractivity contribution >= 4 is 0 Å². The molecule has 1 aliphatic carbocycles. The van der Waals surface area contributed by atoms with Gasteiger partial charge in [-0.2, -0.15) is 0 Å². The molecule has 0 aromatic carbocycles. The molecular weight excluding hydrogens is 194 g/mol. The Balaban J connectivity index is 1.91. The van der Waals surface area contributed by atoms with Crippen molar-refractivity contribution in [3.63, 3.8) is 0 Å². The van der Waals surface area contributed by atoms with Gasteiger partial charge in [0, 0.05) is 12.1 Å². The lowest BCUT2D eigenvalue weighted by molar-refractivity contribution is 0.0845. The van der Waals surface area contributed by atoms with Crippen LogP contribution in [0.25, 0.3) is 0 Å². The highest BCUT2D eigenvalue weighted by Crippen LogP contribution is 2.54. The van der Waals surface area contributed by atoms with Gasteiger partial charge >= 0.3 is 0 Å². The highest BCUT2D eigenvalue weighted by molar-refractivity contribution is 5.10. The van der Waals surface area contributed by atoms with Crippen molar-refractivity contribution in [1.29, 1.82) is 0 Å². The Bertz CT molecular complexity index is 260. The fourth-order valence-corrected chi connectivity index (χ4v) is 5.23. The maximum atomic E-state index is 2.89. The third-order valence-electron chi connectivity index (χ3n) is 5.85. The van der Waals surface area contributed by atoms with Gasteiger partial charge < -0.3 is 0 Å². The summed E-state index contributed by atoms with van der Waals surface area (Å²) in [6, 6.07) is 0. The number of hydrogen-bond acceptors (Lipinski definition) is 1. The Morgan fingerprint density at radius 2 is 1.88 bits per heavy atom. The van der Waals surface area contributed by atoms with Crippen molar-refractivity contribution in [3.05, 3.63) is 0 Å². The van der Waals surface area contributed by atoms with Crippen LogP contribution in [0.3, 0.4) is 0 Å². The van der Waals surface area contributed by atoms with Crippen LogP contribution in [0, 0.1) is 17.8 Å². The molecular formula is C15H27N. The maximum Gasteiger partial charge on any atom is 0.0264 e. The van der Waals surface area contributed by atoms with Gasteiger partial charge in [0.2, 0.25) is 0 Å². The Morgan fingerprint density at radius 3 is 2.69 bits per heavy atom. The smallest absolute Gasteiger partial charge is 0.0264 e. The molecule has 0 aromatic rings. The standard InChI is InChI=1S/C15H27N/c1-12(2)15-9-6-10-16(15)11-13-7-4-3-5-8-14(13)15/h12-14H,3-11H2,1-2H3. The number of fused-ring (bicyclic) bond motifs is 3. The summed E-state index contributed by atoms with van der Waals surface area (Å²) in [5, 5.41) is 0. The Morgan fingerprint density at radius 1 is 1.06 bits per heavy atom.